The Balaban J connectivity index is 1.92. The van der Waals surface area contributed by atoms with Gasteiger partial charge in [0.25, 0.3) is 0 Å². The molecular formula is C18H19ClN2O4S. The first-order chi connectivity index (χ1) is 12.4. The molecule has 6 nitrogen and oxygen atoms in total. The standard InChI is InChI=1S/C18H19ClN2O4S/c1-13-2-4-16(26(23,24)21-6-8-25-9-7-21)11-17(13)20-12-14-10-15(19)3-5-18(14)22/h2-5,10-12,22H,6-9H2,1H3. The zero-order chi connectivity index (χ0) is 18.7. The summed E-state index contributed by atoms with van der Waals surface area (Å²) < 4.78 is 32.2. The zero-order valence-corrected chi connectivity index (χ0v) is 15.8. The van der Waals surface area contributed by atoms with Gasteiger partial charge < -0.3 is 9.84 Å². The fourth-order valence-electron chi connectivity index (χ4n) is 2.59. The van der Waals surface area contributed by atoms with Crippen LogP contribution in [0.5, 0.6) is 5.75 Å². The normalized spacial score (nSPS) is 16.2. The van der Waals surface area contributed by atoms with Gasteiger partial charge in [-0.25, -0.2) is 8.42 Å². The summed E-state index contributed by atoms with van der Waals surface area (Å²) >= 11 is 5.93. The molecule has 0 radical (unpaired) electrons. The molecular weight excluding hydrogens is 376 g/mol. The molecule has 1 fully saturated rings. The Hall–Kier alpha value is -1.93. The van der Waals surface area contributed by atoms with Crippen LogP contribution in [0.3, 0.4) is 0 Å². The third-order valence-electron chi connectivity index (χ3n) is 4.12. The van der Waals surface area contributed by atoms with E-state index in [1.165, 1.54) is 22.7 Å². The Morgan fingerprint density at radius 3 is 2.65 bits per heavy atom. The van der Waals surface area contributed by atoms with Crippen LogP contribution in [0.15, 0.2) is 46.3 Å². The number of ether oxygens (including phenoxy) is 1. The summed E-state index contributed by atoms with van der Waals surface area (Å²) in [6.45, 7) is 3.31. The highest BCUT2D eigenvalue weighted by Crippen LogP contribution is 2.26. The molecule has 0 aliphatic carbocycles. The number of nitrogens with zero attached hydrogens (tertiary/aromatic N) is 2. The number of aromatic hydroxyl groups is 1. The monoisotopic (exact) mass is 394 g/mol. The molecule has 0 bridgehead atoms. The smallest absolute Gasteiger partial charge is 0.243 e. The molecule has 0 unspecified atom stereocenters. The lowest BCUT2D eigenvalue weighted by atomic mass is 10.2. The summed E-state index contributed by atoms with van der Waals surface area (Å²) in [5, 5.41) is 10.3. The molecule has 1 N–H and O–H groups in total. The van der Waals surface area contributed by atoms with Gasteiger partial charge in [-0.1, -0.05) is 17.7 Å². The number of hydrogen-bond acceptors (Lipinski definition) is 5. The zero-order valence-electron chi connectivity index (χ0n) is 14.2. The fraction of sp³-hybridized carbons (Fsp3) is 0.278. The van der Waals surface area contributed by atoms with E-state index in [2.05, 4.69) is 4.99 Å². The molecule has 1 saturated heterocycles. The predicted molar refractivity (Wildman–Crippen MR) is 101 cm³/mol. The summed E-state index contributed by atoms with van der Waals surface area (Å²) in [6.07, 6.45) is 1.47. The lowest BCUT2D eigenvalue weighted by Crippen LogP contribution is -2.40. The third kappa shape index (κ3) is 4.07. The van der Waals surface area contributed by atoms with Crippen LogP contribution in [0.2, 0.25) is 5.02 Å². The Kier molecular flexibility index (Phi) is 5.62. The van der Waals surface area contributed by atoms with Crippen LogP contribution in [0.4, 0.5) is 5.69 Å². The number of phenols is 1. The Bertz CT molecular complexity index is 938. The van der Waals surface area contributed by atoms with Gasteiger partial charge >= 0.3 is 0 Å². The molecule has 1 aliphatic rings. The van der Waals surface area contributed by atoms with Crippen molar-refractivity contribution in [2.24, 2.45) is 4.99 Å². The molecule has 0 spiro atoms. The number of halogens is 1. The average Bonchev–Trinajstić information content (AvgIpc) is 2.64. The van der Waals surface area contributed by atoms with Crippen molar-refractivity contribution < 1.29 is 18.3 Å². The van der Waals surface area contributed by atoms with Crippen molar-refractivity contribution in [2.75, 3.05) is 26.3 Å². The van der Waals surface area contributed by atoms with E-state index >= 15 is 0 Å². The first-order valence-electron chi connectivity index (χ1n) is 8.09. The van der Waals surface area contributed by atoms with Crippen LogP contribution in [-0.4, -0.2) is 50.3 Å². The maximum atomic E-state index is 12.8. The molecule has 0 saturated carbocycles. The van der Waals surface area contributed by atoms with E-state index in [0.717, 1.165) is 5.56 Å². The summed E-state index contributed by atoms with van der Waals surface area (Å²) in [5.74, 6) is 0.0490. The van der Waals surface area contributed by atoms with Crippen LogP contribution in [0.25, 0.3) is 0 Å². The van der Waals surface area contributed by atoms with Gasteiger partial charge in [-0.05, 0) is 42.8 Å². The molecule has 2 aromatic rings. The molecule has 3 rings (SSSR count). The van der Waals surface area contributed by atoms with Gasteiger partial charge in [-0.2, -0.15) is 4.31 Å². The summed E-state index contributed by atoms with van der Waals surface area (Å²) in [4.78, 5) is 4.53. The summed E-state index contributed by atoms with van der Waals surface area (Å²) in [7, 11) is -3.59. The van der Waals surface area contributed by atoms with Crippen molar-refractivity contribution in [3.05, 3.63) is 52.5 Å². The highest BCUT2D eigenvalue weighted by atomic mass is 35.5. The minimum Gasteiger partial charge on any atom is -0.507 e. The number of morpholine rings is 1. The average molecular weight is 395 g/mol. The van der Waals surface area contributed by atoms with E-state index in [1.807, 2.05) is 6.92 Å². The van der Waals surface area contributed by atoms with Crippen molar-refractivity contribution in [3.63, 3.8) is 0 Å². The van der Waals surface area contributed by atoms with Crippen molar-refractivity contribution >= 4 is 33.5 Å². The topological polar surface area (TPSA) is 79.2 Å². The molecule has 8 heteroatoms. The van der Waals surface area contributed by atoms with Crippen LogP contribution in [0, 0.1) is 6.92 Å². The number of hydrogen-bond donors (Lipinski definition) is 1. The van der Waals surface area contributed by atoms with Gasteiger partial charge in [0.2, 0.25) is 10.0 Å². The molecule has 26 heavy (non-hydrogen) atoms. The van der Waals surface area contributed by atoms with Crippen LogP contribution < -0.4 is 0 Å². The predicted octanol–water partition coefficient (Wildman–Crippen LogP) is 3.13. The Labute approximate surface area is 157 Å². The van der Waals surface area contributed by atoms with Gasteiger partial charge in [0.15, 0.2) is 0 Å². The molecule has 0 atom stereocenters. The number of aliphatic imine (C=N–C) groups is 1. The van der Waals surface area contributed by atoms with Gasteiger partial charge in [0.05, 0.1) is 23.8 Å². The quantitative estimate of drug-likeness (QED) is 0.808. The van der Waals surface area contributed by atoms with Crippen molar-refractivity contribution in [2.45, 2.75) is 11.8 Å². The van der Waals surface area contributed by atoms with Gasteiger partial charge in [0, 0.05) is 29.9 Å². The highest BCUT2D eigenvalue weighted by molar-refractivity contribution is 7.89. The van der Waals surface area contributed by atoms with Crippen molar-refractivity contribution in [1.29, 1.82) is 0 Å². The van der Waals surface area contributed by atoms with E-state index in [1.54, 1.807) is 24.3 Å². The number of benzene rings is 2. The van der Waals surface area contributed by atoms with E-state index in [-0.39, 0.29) is 10.6 Å². The first kappa shape index (κ1) is 18.8. The lowest BCUT2D eigenvalue weighted by Gasteiger charge is -2.26. The molecule has 138 valence electrons. The second kappa shape index (κ2) is 7.75. The van der Waals surface area contributed by atoms with Gasteiger partial charge in [0.1, 0.15) is 5.75 Å². The molecule has 1 heterocycles. The van der Waals surface area contributed by atoms with Crippen LogP contribution in [0.1, 0.15) is 11.1 Å². The van der Waals surface area contributed by atoms with E-state index in [0.29, 0.717) is 42.6 Å². The SMILES string of the molecule is Cc1ccc(S(=O)(=O)N2CCOCC2)cc1N=Cc1cc(Cl)ccc1O. The number of sulfonamides is 1. The van der Waals surface area contributed by atoms with E-state index in [4.69, 9.17) is 16.3 Å². The largest absolute Gasteiger partial charge is 0.507 e. The highest BCUT2D eigenvalue weighted by Gasteiger charge is 2.26. The van der Waals surface area contributed by atoms with Crippen molar-refractivity contribution in [1.82, 2.24) is 4.31 Å². The summed E-state index contributed by atoms with van der Waals surface area (Å²) in [5.41, 5.74) is 1.79. The summed E-state index contributed by atoms with van der Waals surface area (Å²) in [6, 6.07) is 9.49. The first-order valence-corrected chi connectivity index (χ1v) is 9.91. The minimum absolute atomic E-state index is 0.0490. The van der Waals surface area contributed by atoms with Crippen molar-refractivity contribution in [3.8, 4) is 5.75 Å². The maximum Gasteiger partial charge on any atom is 0.243 e. The number of rotatable bonds is 4. The van der Waals surface area contributed by atoms with E-state index in [9.17, 15) is 13.5 Å². The van der Waals surface area contributed by atoms with Gasteiger partial charge in [-0.15, -0.1) is 0 Å². The minimum atomic E-state index is -3.59. The third-order valence-corrected chi connectivity index (χ3v) is 6.25. The molecule has 2 aromatic carbocycles. The Morgan fingerprint density at radius 1 is 1.19 bits per heavy atom. The van der Waals surface area contributed by atoms with Crippen LogP contribution in [-0.2, 0) is 14.8 Å². The second-order valence-corrected chi connectivity index (χ2v) is 8.30. The second-order valence-electron chi connectivity index (χ2n) is 5.93. The maximum absolute atomic E-state index is 12.8. The molecule has 0 aromatic heterocycles. The van der Waals surface area contributed by atoms with Crippen LogP contribution >= 0.6 is 11.6 Å². The Morgan fingerprint density at radius 2 is 1.92 bits per heavy atom. The van der Waals surface area contributed by atoms with Gasteiger partial charge in [-0.3, -0.25) is 4.99 Å². The molecule has 0 amide bonds. The molecule has 1 aliphatic heterocycles. The number of aryl methyl sites for hydroxylation is 1. The number of phenolic OH excluding ortho intramolecular Hbond substituents is 1. The lowest BCUT2D eigenvalue weighted by molar-refractivity contribution is 0.0730. The fourth-order valence-corrected chi connectivity index (χ4v) is 4.20. The van der Waals surface area contributed by atoms with E-state index < -0.39 is 10.0 Å².